The summed E-state index contributed by atoms with van der Waals surface area (Å²) in [5, 5.41) is 12.8. The highest BCUT2D eigenvalue weighted by Crippen LogP contribution is 2.29. The van der Waals surface area contributed by atoms with E-state index in [2.05, 4.69) is 38.9 Å². The van der Waals surface area contributed by atoms with Crippen molar-refractivity contribution in [2.24, 2.45) is 0 Å². The lowest BCUT2D eigenvalue weighted by molar-refractivity contribution is 0.210. The summed E-state index contributed by atoms with van der Waals surface area (Å²) in [6.45, 7) is 8.56. The molecule has 2 aromatic heterocycles. The second kappa shape index (κ2) is 9.94. The molecule has 4 rings (SSSR count). The van der Waals surface area contributed by atoms with Crippen LogP contribution in [-0.2, 0) is 12.3 Å². The molecule has 0 bridgehead atoms. The molecule has 1 atom stereocenters. The van der Waals surface area contributed by atoms with Gasteiger partial charge in [0.1, 0.15) is 10.8 Å². The first kappa shape index (κ1) is 21.3. The van der Waals surface area contributed by atoms with Gasteiger partial charge < -0.3 is 4.74 Å². The molecule has 0 saturated heterocycles. The summed E-state index contributed by atoms with van der Waals surface area (Å²) in [5.74, 6) is 2.34. The summed E-state index contributed by atoms with van der Waals surface area (Å²) in [5.41, 5.74) is 3.34. The maximum Gasteiger partial charge on any atom is 0.192 e. The Hall–Kier alpha value is -2.90. The second-order valence-electron chi connectivity index (χ2n) is 7.12. The molecular formula is C24H24N4OS2. The Kier molecular flexibility index (Phi) is 6.84. The van der Waals surface area contributed by atoms with Gasteiger partial charge in [-0.2, -0.15) is 0 Å². The van der Waals surface area contributed by atoms with E-state index in [1.807, 2.05) is 62.4 Å². The standard InChI is InChI=1S/C24H24N4OS2/c1-4-13-28-22(18(3)29-21-12-8-9-17(2)14-21)26-27-24(28)31-16-20-15-30-23(25-20)19-10-6-5-7-11-19/h4-12,14-15,18H,1,13,16H2,2-3H3. The first-order valence-electron chi connectivity index (χ1n) is 10.0. The van der Waals surface area contributed by atoms with Crippen molar-refractivity contribution in [2.75, 3.05) is 0 Å². The molecule has 7 heteroatoms. The van der Waals surface area contributed by atoms with Crippen molar-refractivity contribution in [3.8, 4) is 16.3 Å². The Morgan fingerprint density at radius 1 is 1.16 bits per heavy atom. The third-order valence-corrected chi connectivity index (χ3v) is 6.59. The predicted octanol–water partition coefficient (Wildman–Crippen LogP) is 6.33. The number of allylic oxidation sites excluding steroid dienone is 1. The summed E-state index contributed by atoms with van der Waals surface area (Å²) in [6.07, 6.45) is 1.62. The number of rotatable bonds is 9. The molecule has 0 aliphatic heterocycles. The van der Waals surface area contributed by atoms with E-state index < -0.39 is 0 Å². The number of thioether (sulfide) groups is 1. The fraction of sp³-hybridized carbons (Fsp3) is 0.208. The van der Waals surface area contributed by atoms with Crippen molar-refractivity contribution < 1.29 is 4.74 Å². The molecule has 0 aliphatic carbocycles. The van der Waals surface area contributed by atoms with E-state index in [0.29, 0.717) is 6.54 Å². The Labute approximate surface area is 190 Å². The van der Waals surface area contributed by atoms with Crippen molar-refractivity contribution in [1.29, 1.82) is 0 Å². The number of hydrogen-bond donors (Lipinski definition) is 0. The summed E-state index contributed by atoms with van der Waals surface area (Å²) < 4.78 is 8.18. The van der Waals surface area contributed by atoms with E-state index in [-0.39, 0.29) is 6.10 Å². The zero-order chi connectivity index (χ0) is 21.6. The maximum absolute atomic E-state index is 6.12. The fourth-order valence-corrected chi connectivity index (χ4v) is 4.96. The van der Waals surface area contributed by atoms with Gasteiger partial charge in [0.15, 0.2) is 17.1 Å². The average molecular weight is 449 g/mol. The molecule has 5 nitrogen and oxygen atoms in total. The molecule has 0 fully saturated rings. The van der Waals surface area contributed by atoms with Crippen molar-refractivity contribution >= 4 is 23.1 Å². The van der Waals surface area contributed by atoms with Crippen LogP contribution >= 0.6 is 23.1 Å². The molecule has 4 aromatic rings. The Bertz CT molecular complexity index is 1150. The van der Waals surface area contributed by atoms with Crippen molar-refractivity contribution in [2.45, 2.75) is 37.4 Å². The largest absolute Gasteiger partial charge is 0.483 e. The highest BCUT2D eigenvalue weighted by molar-refractivity contribution is 7.98. The van der Waals surface area contributed by atoms with Gasteiger partial charge >= 0.3 is 0 Å². The number of ether oxygens (including phenoxy) is 1. The minimum absolute atomic E-state index is 0.229. The number of aromatic nitrogens is 4. The van der Waals surface area contributed by atoms with Crippen LogP contribution in [0.25, 0.3) is 10.6 Å². The van der Waals surface area contributed by atoms with Gasteiger partial charge in [-0.3, -0.25) is 4.57 Å². The van der Waals surface area contributed by atoms with Crippen LogP contribution < -0.4 is 4.74 Å². The molecule has 0 saturated carbocycles. The van der Waals surface area contributed by atoms with Gasteiger partial charge in [0, 0.05) is 23.2 Å². The van der Waals surface area contributed by atoms with E-state index in [0.717, 1.165) is 44.3 Å². The number of thiazole rings is 1. The van der Waals surface area contributed by atoms with Crippen molar-refractivity contribution in [3.05, 3.63) is 89.7 Å². The van der Waals surface area contributed by atoms with Crippen LogP contribution in [0, 0.1) is 6.92 Å². The lowest BCUT2D eigenvalue weighted by Crippen LogP contribution is -2.12. The number of hydrogen-bond acceptors (Lipinski definition) is 6. The summed E-state index contributed by atoms with van der Waals surface area (Å²) in [7, 11) is 0. The molecule has 2 aromatic carbocycles. The Morgan fingerprint density at radius 3 is 2.77 bits per heavy atom. The summed E-state index contributed by atoms with van der Waals surface area (Å²) >= 11 is 3.29. The number of benzene rings is 2. The monoisotopic (exact) mass is 448 g/mol. The lowest BCUT2D eigenvalue weighted by atomic mass is 10.2. The van der Waals surface area contributed by atoms with Gasteiger partial charge in [-0.05, 0) is 31.5 Å². The maximum atomic E-state index is 6.12. The van der Waals surface area contributed by atoms with E-state index in [9.17, 15) is 0 Å². The summed E-state index contributed by atoms with van der Waals surface area (Å²) in [4.78, 5) is 4.77. The lowest BCUT2D eigenvalue weighted by Gasteiger charge is -2.16. The van der Waals surface area contributed by atoms with Gasteiger partial charge in [0.05, 0.1) is 5.69 Å². The minimum Gasteiger partial charge on any atom is -0.483 e. The van der Waals surface area contributed by atoms with Crippen LogP contribution in [0.15, 0.2) is 77.8 Å². The summed E-state index contributed by atoms with van der Waals surface area (Å²) in [6, 6.07) is 18.3. The zero-order valence-electron chi connectivity index (χ0n) is 17.6. The molecule has 2 heterocycles. The highest BCUT2D eigenvalue weighted by atomic mass is 32.2. The SMILES string of the molecule is C=CCn1c(SCc2csc(-c3ccccc3)n2)nnc1C(C)Oc1cccc(C)c1. The van der Waals surface area contributed by atoms with Crippen LogP contribution in [-0.4, -0.2) is 19.7 Å². The van der Waals surface area contributed by atoms with Gasteiger partial charge in [-0.1, -0.05) is 60.3 Å². The third-order valence-electron chi connectivity index (χ3n) is 4.64. The van der Waals surface area contributed by atoms with Crippen LogP contribution in [0.3, 0.4) is 0 Å². The average Bonchev–Trinajstić information content (AvgIpc) is 3.40. The van der Waals surface area contributed by atoms with E-state index in [1.54, 1.807) is 23.1 Å². The van der Waals surface area contributed by atoms with Crippen molar-refractivity contribution in [1.82, 2.24) is 19.7 Å². The smallest absolute Gasteiger partial charge is 0.192 e. The quantitative estimate of drug-likeness (QED) is 0.221. The molecule has 0 radical (unpaired) electrons. The van der Waals surface area contributed by atoms with E-state index in [4.69, 9.17) is 9.72 Å². The van der Waals surface area contributed by atoms with Gasteiger partial charge in [0.2, 0.25) is 0 Å². The van der Waals surface area contributed by atoms with Crippen LogP contribution in [0.2, 0.25) is 0 Å². The van der Waals surface area contributed by atoms with Gasteiger partial charge in [0.25, 0.3) is 0 Å². The molecule has 0 spiro atoms. The van der Waals surface area contributed by atoms with E-state index in [1.165, 1.54) is 0 Å². The first-order valence-corrected chi connectivity index (χ1v) is 11.9. The predicted molar refractivity (Wildman–Crippen MR) is 128 cm³/mol. The fourth-order valence-electron chi connectivity index (χ4n) is 3.18. The minimum atomic E-state index is -0.229. The zero-order valence-corrected chi connectivity index (χ0v) is 19.2. The molecule has 31 heavy (non-hydrogen) atoms. The molecule has 0 N–H and O–H groups in total. The Balaban J connectivity index is 1.47. The number of aryl methyl sites for hydroxylation is 1. The molecule has 0 aliphatic rings. The van der Waals surface area contributed by atoms with E-state index >= 15 is 0 Å². The molecular weight excluding hydrogens is 424 g/mol. The van der Waals surface area contributed by atoms with Gasteiger partial charge in [-0.25, -0.2) is 4.98 Å². The van der Waals surface area contributed by atoms with Gasteiger partial charge in [-0.15, -0.1) is 28.1 Å². The normalized spacial score (nSPS) is 11.9. The molecule has 158 valence electrons. The highest BCUT2D eigenvalue weighted by Gasteiger charge is 2.19. The number of nitrogens with zero attached hydrogens (tertiary/aromatic N) is 4. The third kappa shape index (κ3) is 5.24. The topological polar surface area (TPSA) is 52.8 Å². The van der Waals surface area contributed by atoms with Crippen molar-refractivity contribution in [3.63, 3.8) is 0 Å². The second-order valence-corrected chi connectivity index (χ2v) is 8.92. The molecule has 1 unspecified atom stereocenters. The van der Waals surface area contributed by atoms with Crippen LogP contribution in [0.1, 0.15) is 30.1 Å². The van der Waals surface area contributed by atoms with Crippen LogP contribution in [0.5, 0.6) is 5.75 Å². The van der Waals surface area contributed by atoms with Crippen LogP contribution in [0.4, 0.5) is 0 Å². The first-order chi connectivity index (χ1) is 15.1. The Morgan fingerprint density at radius 2 is 2.00 bits per heavy atom. The molecule has 0 amide bonds.